The summed E-state index contributed by atoms with van der Waals surface area (Å²) in [6.07, 6.45) is -7.92. The number of carbonyl (C=O) groups excluding carboxylic acids is 1. The number of carbonyl (C=O) groups is 1. The Morgan fingerprint density at radius 1 is 1.25 bits per heavy atom. The second kappa shape index (κ2) is 4.19. The van der Waals surface area contributed by atoms with Crippen LogP contribution in [0.4, 0.5) is 22.0 Å². The summed E-state index contributed by atoms with van der Waals surface area (Å²) in [5, 5.41) is 0. The quantitative estimate of drug-likeness (QED) is 0.565. The zero-order valence-electron chi connectivity index (χ0n) is 8.11. The van der Waals surface area contributed by atoms with Gasteiger partial charge in [0.25, 0.3) is 6.43 Å². The second-order valence-corrected chi connectivity index (χ2v) is 3.12. The molecule has 6 heteroatoms. The van der Waals surface area contributed by atoms with Gasteiger partial charge in [-0.15, -0.1) is 0 Å². The van der Waals surface area contributed by atoms with E-state index in [1.54, 1.807) is 0 Å². The van der Waals surface area contributed by atoms with Crippen molar-refractivity contribution < 1.29 is 26.7 Å². The molecule has 0 heterocycles. The number of hydrogen-bond acceptors (Lipinski definition) is 1. The van der Waals surface area contributed by atoms with Crippen molar-refractivity contribution in [3.05, 3.63) is 34.9 Å². The Bertz CT molecular complexity index is 408. The predicted octanol–water partition coefficient (Wildman–Crippen LogP) is 3.85. The van der Waals surface area contributed by atoms with Crippen molar-refractivity contribution in [2.24, 2.45) is 0 Å². The molecule has 88 valence electrons. The van der Waals surface area contributed by atoms with Gasteiger partial charge >= 0.3 is 6.18 Å². The van der Waals surface area contributed by atoms with Crippen molar-refractivity contribution in [1.82, 2.24) is 0 Å². The summed E-state index contributed by atoms with van der Waals surface area (Å²) in [5.41, 5.74) is -3.16. The first-order valence-electron chi connectivity index (χ1n) is 4.24. The van der Waals surface area contributed by atoms with E-state index in [1.807, 2.05) is 0 Å². The molecule has 0 N–H and O–H groups in total. The van der Waals surface area contributed by atoms with Gasteiger partial charge in [0, 0.05) is 11.1 Å². The molecule has 0 unspecified atom stereocenters. The summed E-state index contributed by atoms with van der Waals surface area (Å²) >= 11 is 0. The molecular weight excluding hydrogens is 231 g/mol. The maximum absolute atomic E-state index is 12.5. The van der Waals surface area contributed by atoms with Crippen LogP contribution in [0.2, 0.25) is 0 Å². The number of ketones is 1. The van der Waals surface area contributed by atoms with Crippen LogP contribution < -0.4 is 0 Å². The van der Waals surface area contributed by atoms with E-state index in [9.17, 15) is 26.7 Å². The molecule has 1 aromatic carbocycles. The Kier molecular flexibility index (Phi) is 3.30. The van der Waals surface area contributed by atoms with Gasteiger partial charge in [0.15, 0.2) is 5.78 Å². The summed E-state index contributed by atoms with van der Waals surface area (Å²) in [6.45, 7) is 0.830. The lowest BCUT2D eigenvalue weighted by molar-refractivity contribution is -0.138. The van der Waals surface area contributed by atoms with Gasteiger partial charge in [-0.2, -0.15) is 13.2 Å². The van der Waals surface area contributed by atoms with E-state index >= 15 is 0 Å². The molecule has 0 radical (unpaired) electrons. The minimum Gasteiger partial charge on any atom is -0.294 e. The van der Waals surface area contributed by atoms with E-state index in [2.05, 4.69) is 0 Å². The highest BCUT2D eigenvalue weighted by molar-refractivity contribution is 5.97. The highest BCUT2D eigenvalue weighted by Crippen LogP contribution is 2.36. The molecule has 16 heavy (non-hydrogen) atoms. The lowest BCUT2D eigenvalue weighted by Crippen LogP contribution is -2.14. The number of halogens is 5. The fourth-order valence-electron chi connectivity index (χ4n) is 1.38. The number of rotatable bonds is 2. The van der Waals surface area contributed by atoms with Crippen molar-refractivity contribution in [2.45, 2.75) is 19.5 Å². The molecule has 0 saturated carbocycles. The Morgan fingerprint density at radius 3 is 2.19 bits per heavy atom. The van der Waals surface area contributed by atoms with Crippen molar-refractivity contribution in [1.29, 1.82) is 0 Å². The third kappa shape index (κ3) is 2.37. The minimum atomic E-state index is -4.81. The monoisotopic (exact) mass is 238 g/mol. The van der Waals surface area contributed by atoms with Gasteiger partial charge in [0.1, 0.15) is 0 Å². The first-order chi connectivity index (χ1) is 7.25. The van der Waals surface area contributed by atoms with Crippen LogP contribution >= 0.6 is 0 Å². The summed E-state index contributed by atoms with van der Waals surface area (Å²) in [7, 11) is 0. The largest absolute Gasteiger partial charge is 0.417 e. The van der Waals surface area contributed by atoms with E-state index in [-0.39, 0.29) is 0 Å². The zero-order valence-corrected chi connectivity index (χ0v) is 8.11. The van der Waals surface area contributed by atoms with Crippen molar-refractivity contribution >= 4 is 5.78 Å². The third-order valence-corrected chi connectivity index (χ3v) is 1.99. The third-order valence-electron chi connectivity index (χ3n) is 1.99. The van der Waals surface area contributed by atoms with Crippen LogP contribution in [0.3, 0.4) is 0 Å². The number of hydrogen-bond donors (Lipinski definition) is 0. The number of benzene rings is 1. The highest BCUT2D eigenvalue weighted by Gasteiger charge is 2.36. The van der Waals surface area contributed by atoms with Gasteiger partial charge < -0.3 is 0 Å². The first kappa shape index (κ1) is 12.6. The fourth-order valence-corrected chi connectivity index (χ4v) is 1.38. The van der Waals surface area contributed by atoms with E-state index < -0.39 is 35.1 Å². The van der Waals surface area contributed by atoms with Gasteiger partial charge in [0.05, 0.1) is 5.56 Å². The summed E-state index contributed by atoms with van der Waals surface area (Å²) in [6, 6.07) is 2.29. The SMILES string of the molecule is CC(=O)c1c(C(F)F)cccc1C(F)(F)F. The molecule has 1 rings (SSSR count). The minimum absolute atomic E-state index is 0.614. The molecule has 0 bridgehead atoms. The average Bonchev–Trinajstić information content (AvgIpc) is 2.14. The van der Waals surface area contributed by atoms with Gasteiger partial charge in [-0.05, 0) is 13.0 Å². The highest BCUT2D eigenvalue weighted by atomic mass is 19.4. The lowest BCUT2D eigenvalue weighted by atomic mass is 9.98. The number of alkyl halides is 5. The average molecular weight is 238 g/mol. The van der Waals surface area contributed by atoms with Crippen LogP contribution in [0.25, 0.3) is 0 Å². The zero-order chi connectivity index (χ0) is 12.5. The fraction of sp³-hybridized carbons (Fsp3) is 0.300. The summed E-state index contributed by atoms with van der Waals surface area (Å²) < 4.78 is 62.2. The van der Waals surface area contributed by atoms with E-state index in [0.717, 1.165) is 19.1 Å². The smallest absolute Gasteiger partial charge is 0.294 e. The normalized spacial score (nSPS) is 11.9. The molecule has 0 aromatic heterocycles. The molecule has 1 aromatic rings. The summed E-state index contributed by atoms with van der Waals surface area (Å²) in [4.78, 5) is 11.0. The molecule has 0 amide bonds. The van der Waals surface area contributed by atoms with Gasteiger partial charge in [-0.3, -0.25) is 4.79 Å². The van der Waals surface area contributed by atoms with Crippen molar-refractivity contribution in [3.8, 4) is 0 Å². The molecule has 0 fully saturated rings. The molecule has 0 aliphatic rings. The number of Topliss-reactive ketones (excluding diaryl/α,β-unsaturated/α-hetero) is 1. The summed E-state index contributed by atoms with van der Waals surface area (Å²) in [5.74, 6) is -1.02. The van der Waals surface area contributed by atoms with E-state index in [4.69, 9.17) is 0 Å². The molecule has 0 aliphatic heterocycles. The van der Waals surface area contributed by atoms with Crippen LogP contribution in [-0.2, 0) is 6.18 Å². The van der Waals surface area contributed by atoms with Gasteiger partial charge in [0.2, 0.25) is 0 Å². The van der Waals surface area contributed by atoms with Crippen LogP contribution in [-0.4, -0.2) is 5.78 Å². The van der Waals surface area contributed by atoms with Crippen LogP contribution in [0.5, 0.6) is 0 Å². The van der Waals surface area contributed by atoms with E-state index in [0.29, 0.717) is 6.07 Å². The maximum atomic E-state index is 12.5. The van der Waals surface area contributed by atoms with Crippen LogP contribution in [0.1, 0.15) is 34.8 Å². The van der Waals surface area contributed by atoms with Gasteiger partial charge in [-0.25, -0.2) is 8.78 Å². The van der Waals surface area contributed by atoms with Crippen molar-refractivity contribution in [3.63, 3.8) is 0 Å². The second-order valence-electron chi connectivity index (χ2n) is 3.12. The molecular formula is C10H7F5O. The Morgan fingerprint density at radius 2 is 1.81 bits per heavy atom. The van der Waals surface area contributed by atoms with E-state index in [1.165, 1.54) is 0 Å². The lowest BCUT2D eigenvalue weighted by Gasteiger charge is -2.14. The van der Waals surface area contributed by atoms with Gasteiger partial charge in [-0.1, -0.05) is 12.1 Å². The van der Waals surface area contributed by atoms with Crippen LogP contribution in [0.15, 0.2) is 18.2 Å². The van der Waals surface area contributed by atoms with Crippen LogP contribution in [0, 0.1) is 0 Å². The van der Waals surface area contributed by atoms with Crippen molar-refractivity contribution in [2.75, 3.05) is 0 Å². The molecule has 0 aliphatic carbocycles. The topological polar surface area (TPSA) is 17.1 Å². The Labute approximate surface area is 87.9 Å². The standard InChI is InChI=1S/C10H7F5O/c1-5(16)8-6(9(11)12)3-2-4-7(8)10(13,14)15/h2-4,9H,1H3. The molecule has 0 atom stereocenters. The molecule has 0 spiro atoms. The maximum Gasteiger partial charge on any atom is 0.417 e. The first-order valence-corrected chi connectivity index (χ1v) is 4.24. The molecule has 0 saturated heterocycles. The Hall–Kier alpha value is -1.46. The Balaban J connectivity index is 3.52. The molecule has 1 nitrogen and oxygen atoms in total. The predicted molar refractivity (Wildman–Crippen MR) is 46.4 cm³/mol.